The monoisotopic (exact) mass is 216 g/mol. The predicted molar refractivity (Wildman–Crippen MR) is 64.2 cm³/mol. The Morgan fingerprint density at radius 2 is 2.06 bits per heavy atom. The third-order valence-corrected chi connectivity index (χ3v) is 2.75. The summed E-state index contributed by atoms with van der Waals surface area (Å²) >= 11 is 0. The first-order chi connectivity index (χ1) is 7.83. The van der Waals surface area contributed by atoms with Gasteiger partial charge >= 0.3 is 0 Å². The Hall–Kier alpha value is -1.55. The van der Waals surface area contributed by atoms with E-state index in [4.69, 9.17) is 0 Å². The minimum Gasteiger partial charge on any atom is -0.317 e. The van der Waals surface area contributed by atoms with Crippen LogP contribution in [-0.4, -0.2) is 28.0 Å². The van der Waals surface area contributed by atoms with Gasteiger partial charge < -0.3 is 5.32 Å². The Kier molecular flexibility index (Phi) is 3.41. The van der Waals surface area contributed by atoms with Gasteiger partial charge in [-0.15, -0.1) is 0 Å². The molecule has 0 saturated heterocycles. The van der Waals surface area contributed by atoms with Gasteiger partial charge in [0.25, 0.3) is 0 Å². The molecule has 4 nitrogen and oxygen atoms in total. The molecule has 1 unspecified atom stereocenters. The van der Waals surface area contributed by atoms with Crippen molar-refractivity contribution in [3.8, 4) is 0 Å². The highest BCUT2D eigenvalue weighted by molar-refractivity contribution is 5.68. The van der Waals surface area contributed by atoms with E-state index in [1.165, 1.54) is 0 Å². The van der Waals surface area contributed by atoms with Gasteiger partial charge in [0.05, 0.1) is 0 Å². The molecule has 2 rings (SSSR count). The van der Waals surface area contributed by atoms with Crippen LogP contribution < -0.4 is 5.32 Å². The molecule has 0 aliphatic heterocycles. The van der Waals surface area contributed by atoms with Crippen molar-refractivity contribution in [2.24, 2.45) is 0 Å². The Balaban J connectivity index is 2.25. The molecule has 2 aromatic rings. The lowest BCUT2D eigenvalue weighted by Crippen LogP contribution is -2.26. The maximum atomic E-state index is 4.50. The number of pyridine rings is 1. The number of nitrogens with zero attached hydrogens (tertiary/aromatic N) is 3. The Bertz CT molecular complexity index is 465. The van der Waals surface area contributed by atoms with Crippen LogP contribution in [0.5, 0.6) is 0 Å². The molecule has 0 aliphatic carbocycles. The number of rotatable bonds is 4. The van der Waals surface area contributed by atoms with Crippen LogP contribution in [0.1, 0.15) is 19.0 Å². The first kappa shape index (κ1) is 11.0. The van der Waals surface area contributed by atoms with Crippen LogP contribution in [0.4, 0.5) is 0 Å². The summed E-state index contributed by atoms with van der Waals surface area (Å²) in [5, 5.41) is 3.27. The van der Waals surface area contributed by atoms with Gasteiger partial charge in [-0.25, -0.2) is 9.97 Å². The zero-order valence-electron chi connectivity index (χ0n) is 9.64. The number of fused-ring (bicyclic) bond motifs is 1. The first-order valence-corrected chi connectivity index (χ1v) is 5.57. The molecule has 2 heterocycles. The number of likely N-dealkylation sites (N-methyl/N-ethyl adjacent to an activating group) is 1. The minimum atomic E-state index is 0.474. The molecule has 1 N–H and O–H groups in total. The summed E-state index contributed by atoms with van der Waals surface area (Å²) in [5.41, 5.74) is 2.64. The van der Waals surface area contributed by atoms with Gasteiger partial charge in [0.2, 0.25) is 0 Å². The van der Waals surface area contributed by atoms with Crippen LogP contribution in [-0.2, 0) is 6.42 Å². The van der Waals surface area contributed by atoms with Crippen molar-refractivity contribution < 1.29 is 0 Å². The molecule has 0 fully saturated rings. The maximum absolute atomic E-state index is 4.50. The van der Waals surface area contributed by atoms with Gasteiger partial charge in [-0.3, -0.25) is 4.98 Å². The van der Waals surface area contributed by atoms with E-state index in [1.807, 2.05) is 19.2 Å². The molecule has 84 valence electrons. The van der Waals surface area contributed by atoms with E-state index >= 15 is 0 Å². The number of hydrogen-bond acceptors (Lipinski definition) is 4. The van der Waals surface area contributed by atoms with E-state index in [0.29, 0.717) is 6.04 Å². The summed E-state index contributed by atoms with van der Waals surface area (Å²) < 4.78 is 0. The second-order valence-corrected chi connectivity index (χ2v) is 3.80. The molecule has 0 radical (unpaired) electrons. The molecule has 1 atom stereocenters. The molecule has 0 bridgehead atoms. The van der Waals surface area contributed by atoms with Crippen LogP contribution in [0.2, 0.25) is 0 Å². The fourth-order valence-corrected chi connectivity index (χ4v) is 1.71. The molecule has 0 saturated carbocycles. The number of hydrogen-bond donors (Lipinski definition) is 1. The smallest absolute Gasteiger partial charge is 0.178 e. The zero-order chi connectivity index (χ0) is 11.4. The highest BCUT2D eigenvalue weighted by Gasteiger charge is 2.06. The van der Waals surface area contributed by atoms with Crippen molar-refractivity contribution in [1.29, 1.82) is 0 Å². The molecular formula is C12H16N4. The normalized spacial score (nSPS) is 12.9. The lowest BCUT2D eigenvalue weighted by Gasteiger charge is -2.12. The average Bonchev–Trinajstić information content (AvgIpc) is 2.35. The van der Waals surface area contributed by atoms with Gasteiger partial charge in [-0.05, 0) is 25.6 Å². The minimum absolute atomic E-state index is 0.474. The number of nitrogens with one attached hydrogen (secondary N) is 1. The van der Waals surface area contributed by atoms with Crippen LogP contribution in [0.15, 0.2) is 24.5 Å². The van der Waals surface area contributed by atoms with Crippen LogP contribution >= 0.6 is 0 Å². The average molecular weight is 216 g/mol. The quantitative estimate of drug-likeness (QED) is 0.842. The van der Waals surface area contributed by atoms with Gasteiger partial charge in [0.1, 0.15) is 5.52 Å². The van der Waals surface area contributed by atoms with Crippen LogP contribution in [0.25, 0.3) is 11.2 Å². The largest absolute Gasteiger partial charge is 0.317 e. The summed E-state index contributed by atoms with van der Waals surface area (Å²) in [6, 6.07) is 4.48. The molecule has 16 heavy (non-hydrogen) atoms. The van der Waals surface area contributed by atoms with E-state index in [9.17, 15) is 0 Å². The molecule has 2 aromatic heterocycles. The van der Waals surface area contributed by atoms with E-state index < -0.39 is 0 Å². The fraction of sp³-hybridized carbons (Fsp3) is 0.417. The van der Waals surface area contributed by atoms with Crippen molar-refractivity contribution >= 4 is 11.2 Å². The fourth-order valence-electron chi connectivity index (χ4n) is 1.71. The SMILES string of the molecule is CCC(Cc1ccc2nccnc2n1)NC. The summed E-state index contributed by atoms with van der Waals surface area (Å²) in [6.07, 6.45) is 5.39. The Morgan fingerprint density at radius 3 is 2.81 bits per heavy atom. The second kappa shape index (κ2) is 4.99. The van der Waals surface area contributed by atoms with Crippen LogP contribution in [0.3, 0.4) is 0 Å². The predicted octanol–water partition coefficient (Wildman–Crippen LogP) is 1.57. The topological polar surface area (TPSA) is 50.7 Å². The van der Waals surface area contributed by atoms with Crippen molar-refractivity contribution in [2.45, 2.75) is 25.8 Å². The van der Waals surface area contributed by atoms with Gasteiger partial charge in [0.15, 0.2) is 5.65 Å². The van der Waals surface area contributed by atoms with Gasteiger partial charge in [-0.1, -0.05) is 6.92 Å². The van der Waals surface area contributed by atoms with Crippen molar-refractivity contribution in [3.05, 3.63) is 30.2 Å². The third kappa shape index (κ3) is 2.33. The highest BCUT2D eigenvalue weighted by atomic mass is 14.9. The van der Waals surface area contributed by atoms with E-state index in [-0.39, 0.29) is 0 Å². The van der Waals surface area contributed by atoms with Gasteiger partial charge in [-0.2, -0.15) is 0 Å². The number of aromatic nitrogens is 3. The highest BCUT2D eigenvalue weighted by Crippen LogP contribution is 2.09. The molecule has 4 heteroatoms. The summed E-state index contributed by atoms with van der Waals surface area (Å²) in [4.78, 5) is 12.9. The summed E-state index contributed by atoms with van der Waals surface area (Å²) in [7, 11) is 1.98. The molecule has 0 aromatic carbocycles. The molecule has 0 spiro atoms. The standard InChI is InChI=1S/C12H16N4/c1-3-9(13-2)8-10-4-5-11-12(16-10)15-7-6-14-11/h4-7,9,13H,3,8H2,1-2H3. The van der Waals surface area contributed by atoms with Crippen molar-refractivity contribution in [1.82, 2.24) is 20.3 Å². The molecule has 0 amide bonds. The Labute approximate surface area is 95.1 Å². The van der Waals surface area contributed by atoms with Crippen LogP contribution in [0, 0.1) is 0 Å². The Morgan fingerprint density at radius 1 is 1.25 bits per heavy atom. The van der Waals surface area contributed by atoms with Crippen molar-refractivity contribution in [3.63, 3.8) is 0 Å². The zero-order valence-corrected chi connectivity index (χ0v) is 9.64. The third-order valence-electron chi connectivity index (χ3n) is 2.75. The summed E-state index contributed by atoms with van der Waals surface area (Å²) in [5.74, 6) is 0. The molecule has 0 aliphatic rings. The summed E-state index contributed by atoms with van der Waals surface area (Å²) in [6.45, 7) is 2.17. The van der Waals surface area contributed by atoms with E-state index in [2.05, 4.69) is 27.2 Å². The second-order valence-electron chi connectivity index (χ2n) is 3.80. The van der Waals surface area contributed by atoms with Gasteiger partial charge in [0, 0.05) is 30.6 Å². The van der Waals surface area contributed by atoms with E-state index in [0.717, 1.165) is 29.7 Å². The molecular weight excluding hydrogens is 200 g/mol. The maximum Gasteiger partial charge on any atom is 0.178 e. The van der Waals surface area contributed by atoms with E-state index in [1.54, 1.807) is 12.4 Å². The first-order valence-electron chi connectivity index (χ1n) is 5.57. The lowest BCUT2D eigenvalue weighted by molar-refractivity contribution is 0.538. The van der Waals surface area contributed by atoms with Crippen molar-refractivity contribution in [2.75, 3.05) is 7.05 Å². The lowest BCUT2D eigenvalue weighted by atomic mass is 10.1.